The fourth-order valence-electron chi connectivity index (χ4n) is 7.16. The maximum atomic E-state index is 13.1. The maximum Gasteiger partial charge on any atom is 0.317 e. The molecule has 1 aromatic carbocycles. The van der Waals surface area contributed by atoms with E-state index in [1.165, 1.54) is 38.5 Å². The normalized spacial score (nSPS) is 31.5. The van der Waals surface area contributed by atoms with Crippen LogP contribution >= 0.6 is 0 Å². The van der Waals surface area contributed by atoms with Crippen LogP contribution in [-0.2, 0) is 6.54 Å². The van der Waals surface area contributed by atoms with Crippen molar-refractivity contribution in [1.29, 1.82) is 0 Å². The van der Waals surface area contributed by atoms with Crippen molar-refractivity contribution in [3.8, 4) is 17.2 Å². The second kappa shape index (κ2) is 8.65. The smallest absolute Gasteiger partial charge is 0.317 e. The molecular weight excluding hydrogens is 406 g/mol. The number of amides is 2. The van der Waals surface area contributed by atoms with Gasteiger partial charge in [0.05, 0.1) is 21.3 Å². The lowest BCUT2D eigenvalue weighted by Crippen LogP contribution is -2.63. The molecule has 7 heteroatoms. The second-order valence-corrected chi connectivity index (χ2v) is 10.4. The van der Waals surface area contributed by atoms with E-state index < -0.39 is 0 Å². The van der Waals surface area contributed by atoms with Crippen LogP contribution < -0.4 is 19.5 Å². The summed E-state index contributed by atoms with van der Waals surface area (Å²) >= 11 is 0. The van der Waals surface area contributed by atoms with Crippen LogP contribution in [0.15, 0.2) is 12.1 Å². The Kier molecular flexibility index (Phi) is 5.86. The highest BCUT2D eigenvalue weighted by molar-refractivity contribution is 5.75. The van der Waals surface area contributed by atoms with Crippen LogP contribution in [0.1, 0.15) is 44.1 Å². The van der Waals surface area contributed by atoms with E-state index in [-0.39, 0.29) is 11.6 Å². The van der Waals surface area contributed by atoms with Crippen molar-refractivity contribution in [2.75, 3.05) is 47.5 Å². The molecule has 0 aromatic heterocycles. The Balaban J connectivity index is 1.17. The topological polar surface area (TPSA) is 63.3 Å². The molecule has 1 aliphatic heterocycles. The molecule has 6 rings (SSSR count). The summed E-state index contributed by atoms with van der Waals surface area (Å²) in [4.78, 5) is 17.5. The van der Waals surface area contributed by atoms with Crippen LogP contribution in [0.5, 0.6) is 17.2 Å². The molecule has 7 nitrogen and oxygen atoms in total. The van der Waals surface area contributed by atoms with E-state index in [9.17, 15) is 4.79 Å². The molecule has 4 aliphatic carbocycles. The Morgan fingerprint density at radius 2 is 1.44 bits per heavy atom. The summed E-state index contributed by atoms with van der Waals surface area (Å²) in [5.74, 6) is 4.50. The Labute approximate surface area is 191 Å². The first kappa shape index (κ1) is 21.7. The predicted molar refractivity (Wildman–Crippen MR) is 122 cm³/mol. The first-order valence-electron chi connectivity index (χ1n) is 12.1. The van der Waals surface area contributed by atoms with Crippen molar-refractivity contribution < 1.29 is 19.0 Å². The molecule has 5 fully saturated rings. The molecule has 4 saturated carbocycles. The van der Waals surface area contributed by atoms with Crippen molar-refractivity contribution >= 4 is 6.03 Å². The second-order valence-electron chi connectivity index (χ2n) is 10.4. The minimum Gasteiger partial charge on any atom is -0.493 e. The Hall–Kier alpha value is -2.15. The van der Waals surface area contributed by atoms with Gasteiger partial charge in [0.1, 0.15) is 0 Å². The van der Waals surface area contributed by atoms with Crippen LogP contribution in [0.4, 0.5) is 4.79 Å². The van der Waals surface area contributed by atoms with Crippen LogP contribution in [0, 0.1) is 17.8 Å². The van der Waals surface area contributed by atoms with E-state index in [4.69, 9.17) is 14.2 Å². The Bertz CT molecular complexity index is 789. The molecule has 0 radical (unpaired) electrons. The van der Waals surface area contributed by atoms with Gasteiger partial charge in [-0.05, 0) is 74.0 Å². The van der Waals surface area contributed by atoms with Crippen molar-refractivity contribution in [3.63, 3.8) is 0 Å². The van der Waals surface area contributed by atoms with Crippen molar-refractivity contribution in [3.05, 3.63) is 17.7 Å². The average Bonchev–Trinajstić information content (AvgIpc) is 2.77. The van der Waals surface area contributed by atoms with Gasteiger partial charge in [-0.1, -0.05) is 0 Å². The number of urea groups is 1. The zero-order valence-corrected chi connectivity index (χ0v) is 19.7. The first-order valence-corrected chi connectivity index (χ1v) is 12.1. The average molecular weight is 444 g/mol. The Morgan fingerprint density at radius 3 is 1.91 bits per heavy atom. The largest absolute Gasteiger partial charge is 0.493 e. The molecule has 176 valence electrons. The maximum absolute atomic E-state index is 13.1. The van der Waals surface area contributed by atoms with Gasteiger partial charge in [0, 0.05) is 38.3 Å². The van der Waals surface area contributed by atoms with Gasteiger partial charge in [-0.3, -0.25) is 4.90 Å². The number of nitrogens with zero attached hydrogens (tertiary/aromatic N) is 2. The zero-order valence-electron chi connectivity index (χ0n) is 19.7. The number of hydrogen-bond donors (Lipinski definition) is 1. The minimum absolute atomic E-state index is 0.0825. The standard InChI is InChI=1S/C25H37N3O4/c1-30-21-11-20(12-22(31-2)23(21)32-3)16-27-4-6-28(7-5-27)24(29)26-25-13-17-8-18(14-25)10-19(9-17)15-25/h11-12,17-19H,4-10,13-16H2,1-3H3,(H,26,29). The summed E-state index contributed by atoms with van der Waals surface area (Å²) in [6.45, 7) is 4.06. The highest BCUT2D eigenvalue weighted by atomic mass is 16.5. The number of carbonyl (C=O) groups excluding carboxylic acids is 1. The van der Waals surface area contributed by atoms with Crippen LogP contribution in [0.3, 0.4) is 0 Å². The van der Waals surface area contributed by atoms with E-state index in [0.717, 1.165) is 56.0 Å². The van der Waals surface area contributed by atoms with Gasteiger partial charge in [-0.2, -0.15) is 0 Å². The molecule has 0 unspecified atom stereocenters. The first-order chi connectivity index (χ1) is 15.5. The van der Waals surface area contributed by atoms with Crippen molar-refractivity contribution in [1.82, 2.24) is 15.1 Å². The summed E-state index contributed by atoms with van der Waals surface area (Å²) in [7, 11) is 4.90. The lowest BCUT2D eigenvalue weighted by molar-refractivity contribution is -0.0165. The minimum atomic E-state index is 0.0825. The molecule has 5 aliphatic rings. The number of carbonyl (C=O) groups is 1. The number of piperazine rings is 1. The Morgan fingerprint density at radius 1 is 0.906 bits per heavy atom. The number of benzene rings is 1. The van der Waals surface area contributed by atoms with Gasteiger partial charge >= 0.3 is 6.03 Å². The van der Waals surface area contributed by atoms with Gasteiger partial charge in [0.2, 0.25) is 5.75 Å². The number of hydrogen-bond acceptors (Lipinski definition) is 5. The van der Waals surface area contributed by atoms with Crippen LogP contribution in [0.25, 0.3) is 0 Å². The SMILES string of the molecule is COc1cc(CN2CCN(C(=O)NC34CC5CC(CC(C5)C3)C4)CC2)cc(OC)c1OC. The summed E-state index contributed by atoms with van der Waals surface area (Å²) < 4.78 is 16.4. The van der Waals surface area contributed by atoms with Gasteiger partial charge in [0.25, 0.3) is 0 Å². The number of rotatable bonds is 6. The summed E-state index contributed by atoms with van der Waals surface area (Å²) in [6, 6.07) is 4.17. The third-order valence-electron chi connectivity index (χ3n) is 8.20. The quantitative estimate of drug-likeness (QED) is 0.729. The van der Waals surface area contributed by atoms with E-state index in [0.29, 0.717) is 17.2 Å². The van der Waals surface area contributed by atoms with E-state index in [2.05, 4.69) is 10.2 Å². The summed E-state index contributed by atoms with van der Waals surface area (Å²) in [6.07, 6.45) is 7.79. The highest BCUT2D eigenvalue weighted by Crippen LogP contribution is 2.55. The fourth-order valence-corrected chi connectivity index (χ4v) is 7.16. The molecule has 0 spiro atoms. The van der Waals surface area contributed by atoms with E-state index in [1.54, 1.807) is 21.3 Å². The molecule has 1 heterocycles. The monoisotopic (exact) mass is 443 g/mol. The molecule has 0 atom stereocenters. The molecule has 1 N–H and O–H groups in total. The lowest BCUT2D eigenvalue weighted by Gasteiger charge is -2.57. The van der Waals surface area contributed by atoms with Crippen molar-refractivity contribution in [2.45, 2.75) is 50.6 Å². The van der Waals surface area contributed by atoms with Crippen LogP contribution in [0.2, 0.25) is 0 Å². The van der Waals surface area contributed by atoms with Gasteiger partial charge < -0.3 is 24.4 Å². The molecule has 1 saturated heterocycles. The molecule has 2 amide bonds. The molecule has 1 aromatic rings. The molecule has 4 bridgehead atoms. The predicted octanol–water partition coefficient (Wildman–Crippen LogP) is 3.51. The van der Waals surface area contributed by atoms with Gasteiger partial charge in [0.15, 0.2) is 11.5 Å². The van der Waals surface area contributed by atoms with Gasteiger partial charge in [-0.15, -0.1) is 0 Å². The third-order valence-corrected chi connectivity index (χ3v) is 8.20. The fraction of sp³-hybridized carbons (Fsp3) is 0.720. The number of ether oxygens (including phenoxy) is 3. The zero-order chi connectivity index (χ0) is 22.3. The van der Waals surface area contributed by atoms with E-state index in [1.807, 2.05) is 17.0 Å². The summed E-state index contributed by atoms with van der Waals surface area (Å²) in [5, 5.41) is 3.52. The lowest BCUT2D eigenvalue weighted by atomic mass is 9.53. The number of methoxy groups -OCH3 is 3. The van der Waals surface area contributed by atoms with Crippen LogP contribution in [-0.4, -0.2) is 68.9 Å². The third kappa shape index (κ3) is 4.12. The highest BCUT2D eigenvalue weighted by Gasteiger charge is 2.51. The van der Waals surface area contributed by atoms with E-state index >= 15 is 0 Å². The van der Waals surface area contributed by atoms with Crippen molar-refractivity contribution in [2.24, 2.45) is 17.8 Å². The number of nitrogens with one attached hydrogen (secondary N) is 1. The summed E-state index contributed by atoms with van der Waals surface area (Å²) in [5.41, 5.74) is 1.20. The molecule has 32 heavy (non-hydrogen) atoms. The molecular formula is C25H37N3O4. The van der Waals surface area contributed by atoms with Gasteiger partial charge in [-0.25, -0.2) is 4.79 Å².